The second-order valence-electron chi connectivity index (χ2n) is 4.65. The van der Waals surface area contributed by atoms with E-state index >= 15 is 0 Å². The highest BCUT2D eigenvalue weighted by molar-refractivity contribution is 6.31. The fraction of sp³-hybridized carbons (Fsp3) is 0.250. The lowest BCUT2D eigenvalue weighted by molar-refractivity contribution is 0.474. The van der Waals surface area contributed by atoms with Crippen molar-refractivity contribution in [3.05, 3.63) is 70.5 Å². The summed E-state index contributed by atoms with van der Waals surface area (Å²) in [6.45, 7) is 3.98. The summed E-state index contributed by atoms with van der Waals surface area (Å²) in [6, 6.07) is 14.5. The van der Waals surface area contributed by atoms with Crippen molar-refractivity contribution in [3.63, 3.8) is 0 Å². The molecular weight excluding hydrogens is 261 g/mol. The van der Waals surface area contributed by atoms with Crippen molar-refractivity contribution >= 4 is 11.6 Å². The van der Waals surface area contributed by atoms with Gasteiger partial charge in [-0.25, -0.2) is 4.39 Å². The Morgan fingerprint density at radius 3 is 2.05 bits per heavy atom. The number of halogens is 2. The summed E-state index contributed by atoms with van der Waals surface area (Å²) in [7, 11) is 0. The molecule has 2 unspecified atom stereocenters. The maximum Gasteiger partial charge on any atom is 0.127 e. The summed E-state index contributed by atoms with van der Waals surface area (Å²) in [5.41, 5.74) is 1.69. The molecule has 0 spiro atoms. The third-order valence-electron chi connectivity index (χ3n) is 3.24. The first-order valence-electron chi connectivity index (χ1n) is 6.34. The van der Waals surface area contributed by atoms with Gasteiger partial charge in [0.25, 0.3) is 0 Å². The van der Waals surface area contributed by atoms with Crippen LogP contribution >= 0.6 is 11.6 Å². The number of nitrogens with one attached hydrogen (secondary N) is 1. The Balaban J connectivity index is 2.13. The second kappa shape index (κ2) is 6.18. The molecule has 0 aromatic heterocycles. The molecule has 2 atom stereocenters. The van der Waals surface area contributed by atoms with Gasteiger partial charge < -0.3 is 5.32 Å². The van der Waals surface area contributed by atoms with Gasteiger partial charge in [0.05, 0.1) is 0 Å². The zero-order chi connectivity index (χ0) is 13.8. The van der Waals surface area contributed by atoms with Crippen LogP contribution in [0.4, 0.5) is 4.39 Å². The van der Waals surface area contributed by atoms with E-state index < -0.39 is 0 Å². The SMILES string of the molecule is CC(NC(C)c1ccccc1Cl)c1ccccc1F. The largest absolute Gasteiger partial charge is 0.303 e. The van der Waals surface area contributed by atoms with Gasteiger partial charge in [-0.05, 0) is 31.5 Å². The summed E-state index contributed by atoms with van der Waals surface area (Å²) in [5, 5.41) is 4.09. The second-order valence-corrected chi connectivity index (χ2v) is 5.06. The quantitative estimate of drug-likeness (QED) is 0.839. The van der Waals surface area contributed by atoms with Gasteiger partial charge in [0.1, 0.15) is 5.82 Å². The summed E-state index contributed by atoms with van der Waals surface area (Å²) in [6.07, 6.45) is 0. The van der Waals surface area contributed by atoms with Crippen molar-refractivity contribution < 1.29 is 4.39 Å². The minimum atomic E-state index is -0.186. The molecule has 1 nitrogen and oxygen atoms in total. The molecule has 2 aromatic carbocycles. The summed E-state index contributed by atoms with van der Waals surface area (Å²) in [5.74, 6) is -0.186. The Morgan fingerprint density at radius 2 is 1.42 bits per heavy atom. The number of hydrogen-bond acceptors (Lipinski definition) is 1. The molecular formula is C16H17ClFN. The summed E-state index contributed by atoms with van der Waals surface area (Å²) in [4.78, 5) is 0. The molecule has 0 saturated heterocycles. The van der Waals surface area contributed by atoms with E-state index in [-0.39, 0.29) is 17.9 Å². The molecule has 0 saturated carbocycles. The van der Waals surface area contributed by atoms with Crippen LogP contribution in [-0.2, 0) is 0 Å². The van der Waals surface area contributed by atoms with Crippen LogP contribution in [-0.4, -0.2) is 0 Å². The fourth-order valence-corrected chi connectivity index (χ4v) is 2.51. The van der Waals surface area contributed by atoms with Gasteiger partial charge in [0.2, 0.25) is 0 Å². The maximum atomic E-state index is 13.7. The smallest absolute Gasteiger partial charge is 0.127 e. The van der Waals surface area contributed by atoms with E-state index in [2.05, 4.69) is 5.32 Å². The van der Waals surface area contributed by atoms with Gasteiger partial charge in [0.15, 0.2) is 0 Å². The van der Waals surface area contributed by atoms with E-state index in [1.165, 1.54) is 6.07 Å². The van der Waals surface area contributed by atoms with E-state index in [1.54, 1.807) is 12.1 Å². The fourth-order valence-electron chi connectivity index (χ4n) is 2.21. The standard InChI is InChI=1S/C16H17ClFN/c1-11(13-7-3-5-9-15(13)17)19-12(2)14-8-4-6-10-16(14)18/h3-12,19H,1-2H3. The highest BCUT2D eigenvalue weighted by Crippen LogP contribution is 2.25. The normalized spacial score (nSPS) is 14.1. The van der Waals surface area contributed by atoms with E-state index in [0.29, 0.717) is 5.56 Å². The lowest BCUT2D eigenvalue weighted by Crippen LogP contribution is -2.23. The van der Waals surface area contributed by atoms with Gasteiger partial charge in [0, 0.05) is 22.7 Å². The first-order chi connectivity index (χ1) is 9.09. The zero-order valence-corrected chi connectivity index (χ0v) is 11.8. The highest BCUT2D eigenvalue weighted by Gasteiger charge is 2.15. The topological polar surface area (TPSA) is 12.0 Å². The number of benzene rings is 2. The molecule has 100 valence electrons. The van der Waals surface area contributed by atoms with Crippen LogP contribution < -0.4 is 5.32 Å². The molecule has 0 heterocycles. The van der Waals surface area contributed by atoms with Crippen LogP contribution in [0.25, 0.3) is 0 Å². The lowest BCUT2D eigenvalue weighted by atomic mass is 10.0. The van der Waals surface area contributed by atoms with Crippen molar-refractivity contribution in [1.82, 2.24) is 5.32 Å². The number of hydrogen-bond donors (Lipinski definition) is 1. The molecule has 0 amide bonds. The monoisotopic (exact) mass is 277 g/mol. The van der Waals surface area contributed by atoms with Crippen LogP contribution in [0.15, 0.2) is 48.5 Å². The molecule has 2 aromatic rings. The molecule has 0 aliphatic rings. The molecule has 3 heteroatoms. The van der Waals surface area contributed by atoms with Crippen molar-refractivity contribution in [2.24, 2.45) is 0 Å². The minimum Gasteiger partial charge on any atom is -0.303 e. The van der Waals surface area contributed by atoms with Gasteiger partial charge in [-0.15, -0.1) is 0 Å². The van der Waals surface area contributed by atoms with Gasteiger partial charge in [-0.1, -0.05) is 48.0 Å². The first kappa shape index (κ1) is 14.0. The predicted molar refractivity (Wildman–Crippen MR) is 77.8 cm³/mol. The summed E-state index contributed by atoms with van der Waals surface area (Å²) < 4.78 is 13.7. The lowest BCUT2D eigenvalue weighted by Gasteiger charge is -2.21. The van der Waals surface area contributed by atoms with Crippen LogP contribution in [0.3, 0.4) is 0 Å². The predicted octanol–water partition coefficient (Wildman–Crippen LogP) is 4.89. The molecule has 19 heavy (non-hydrogen) atoms. The first-order valence-corrected chi connectivity index (χ1v) is 6.72. The molecule has 1 N–H and O–H groups in total. The van der Waals surface area contributed by atoms with E-state index in [9.17, 15) is 4.39 Å². The van der Waals surface area contributed by atoms with Gasteiger partial charge in [-0.2, -0.15) is 0 Å². The Morgan fingerprint density at radius 1 is 0.895 bits per heavy atom. The molecule has 0 bridgehead atoms. The van der Waals surface area contributed by atoms with Crippen molar-refractivity contribution in [1.29, 1.82) is 0 Å². The molecule has 0 radical (unpaired) electrons. The van der Waals surface area contributed by atoms with Crippen LogP contribution in [0.2, 0.25) is 5.02 Å². The van der Waals surface area contributed by atoms with Crippen molar-refractivity contribution in [3.8, 4) is 0 Å². The Bertz CT molecular complexity index is 506. The molecule has 0 aliphatic heterocycles. The van der Waals surface area contributed by atoms with Gasteiger partial charge >= 0.3 is 0 Å². The highest BCUT2D eigenvalue weighted by atomic mass is 35.5. The zero-order valence-electron chi connectivity index (χ0n) is 11.0. The average Bonchev–Trinajstić information content (AvgIpc) is 2.39. The number of rotatable bonds is 4. The Hall–Kier alpha value is -1.38. The van der Waals surface area contributed by atoms with Crippen LogP contribution in [0.5, 0.6) is 0 Å². The Kier molecular flexibility index (Phi) is 4.56. The molecule has 0 fully saturated rings. The molecule has 0 aliphatic carbocycles. The van der Waals surface area contributed by atoms with Gasteiger partial charge in [-0.3, -0.25) is 0 Å². The van der Waals surface area contributed by atoms with E-state index in [1.807, 2.05) is 44.2 Å². The summed E-state index contributed by atoms with van der Waals surface area (Å²) >= 11 is 6.17. The third-order valence-corrected chi connectivity index (χ3v) is 3.59. The van der Waals surface area contributed by atoms with Crippen molar-refractivity contribution in [2.45, 2.75) is 25.9 Å². The van der Waals surface area contributed by atoms with Crippen LogP contribution in [0.1, 0.15) is 37.1 Å². The Labute approximate surface area is 118 Å². The van der Waals surface area contributed by atoms with E-state index in [4.69, 9.17) is 11.6 Å². The van der Waals surface area contributed by atoms with E-state index in [0.717, 1.165) is 10.6 Å². The maximum absolute atomic E-state index is 13.7. The van der Waals surface area contributed by atoms with Crippen molar-refractivity contribution in [2.75, 3.05) is 0 Å². The minimum absolute atomic E-state index is 0.0586. The third kappa shape index (κ3) is 3.34. The van der Waals surface area contributed by atoms with Crippen LogP contribution in [0, 0.1) is 5.82 Å². The molecule has 2 rings (SSSR count). The average molecular weight is 278 g/mol.